The van der Waals surface area contributed by atoms with Gasteiger partial charge in [-0.3, -0.25) is 4.79 Å². The third kappa shape index (κ3) is 3.77. The maximum Gasteiger partial charge on any atom is 0.232 e. The summed E-state index contributed by atoms with van der Waals surface area (Å²) in [6.07, 6.45) is 2.83. The Hall–Kier alpha value is -3.33. The van der Waals surface area contributed by atoms with E-state index in [2.05, 4.69) is 22.4 Å². The topological polar surface area (TPSA) is 44.9 Å². The van der Waals surface area contributed by atoms with Gasteiger partial charge >= 0.3 is 0 Å². The fraction of sp³-hybridized carbons (Fsp3) is 0.125. The van der Waals surface area contributed by atoms with Gasteiger partial charge in [0.2, 0.25) is 5.91 Å². The molecule has 0 atom stereocenters. The highest BCUT2D eigenvalue weighted by Crippen LogP contribution is 2.25. The maximum atomic E-state index is 13.0. The number of carbonyl (C=O) groups excluding carboxylic acids is 1. The summed E-state index contributed by atoms with van der Waals surface area (Å²) in [5.41, 5.74) is 4.37. The van der Waals surface area contributed by atoms with Gasteiger partial charge in [-0.25, -0.2) is 0 Å². The molecule has 3 nitrogen and oxygen atoms in total. The Labute approximate surface area is 159 Å². The largest absolute Gasteiger partial charge is 0.361 e. The van der Waals surface area contributed by atoms with Gasteiger partial charge in [0.15, 0.2) is 0 Å². The minimum atomic E-state index is -0.296. The first kappa shape index (κ1) is 17.1. The lowest BCUT2D eigenvalue weighted by molar-refractivity contribution is -0.121. The molecule has 1 aromatic heterocycles. The van der Waals surface area contributed by atoms with Gasteiger partial charge in [0.1, 0.15) is 0 Å². The molecule has 0 spiro atoms. The molecule has 4 rings (SSSR count). The highest BCUT2D eigenvalue weighted by atomic mass is 16.1. The van der Waals surface area contributed by atoms with Crippen molar-refractivity contribution in [3.63, 3.8) is 0 Å². The average Bonchev–Trinajstić information content (AvgIpc) is 3.13. The molecule has 0 saturated heterocycles. The standard InChI is InChI=1S/C24H22N2O/c27-24(25-16-15-20-17-26-22-14-8-7-13-21(20)22)23(18-9-3-1-4-10-18)19-11-5-2-6-12-19/h1-14,17,23,26H,15-16H2,(H,25,27). The molecule has 0 radical (unpaired) electrons. The smallest absolute Gasteiger partial charge is 0.232 e. The second-order valence-corrected chi connectivity index (χ2v) is 6.65. The molecule has 0 aliphatic rings. The molecule has 0 saturated carbocycles. The quantitative estimate of drug-likeness (QED) is 0.520. The van der Waals surface area contributed by atoms with E-state index in [0.717, 1.165) is 23.1 Å². The van der Waals surface area contributed by atoms with Gasteiger partial charge < -0.3 is 10.3 Å². The zero-order valence-corrected chi connectivity index (χ0v) is 15.1. The van der Waals surface area contributed by atoms with Crippen molar-refractivity contribution in [3.05, 3.63) is 108 Å². The summed E-state index contributed by atoms with van der Waals surface area (Å²) in [6.45, 7) is 0.608. The number of benzene rings is 3. The van der Waals surface area contributed by atoms with Crippen molar-refractivity contribution in [2.45, 2.75) is 12.3 Å². The maximum absolute atomic E-state index is 13.0. The monoisotopic (exact) mass is 354 g/mol. The Balaban J connectivity index is 1.49. The molecule has 0 fully saturated rings. The number of fused-ring (bicyclic) bond motifs is 1. The molecule has 1 amide bonds. The molecule has 0 aliphatic carbocycles. The van der Waals surface area contributed by atoms with Crippen LogP contribution < -0.4 is 5.32 Å². The fourth-order valence-electron chi connectivity index (χ4n) is 3.55. The zero-order chi connectivity index (χ0) is 18.5. The van der Waals surface area contributed by atoms with E-state index in [4.69, 9.17) is 0 Å². The minimum absolute atomic E-state index is 0.0345. The van der Waals surface area contributed by atoms with Crippen LogP contribution in [0.4, 0.5) is 0 Å². The molecule has 0 unspecified atom stereocenters. The van der Waals surface area contributed by atoms with Gasteiger partial charge in [-0.1, -0.05) is 78.9 Å². The van der Waals surface area contributed by atoms with Crippen LogP contribution in [0.2, 0.25) is 0 Å². The van der Waals surface area contributed by atoms with Crippen LogP contribution in [0, 0.1) is 0 Å². The third-order valence-electron chi connectivity index (χ3n) is 4.90. The lowest BCUT2D eigenvalue weighted by Crippen LogP contribution is -2.31. The summed E-state index contributed by atoms with van der Waals surface area (Å²) in [4.78, 5) is 16.3. The number of carbonyl (C=O) groups is 1. The predicted molar refractivity (Wildman–Crippen MR) is 110 cm³/mol. The Kier molecular flexibility index (Phi) is 5.01. The molecule has 3 aromatic carbocycles. The number of amides is 1. The Bertz CT molecular complexity index is 982. The first-order valence-electron chi connectivity index (χ1n) is 9.25. The molecular formula is C24H22N2O. The highest BCUT2D eigenvalue weighted by Gasteiger charge is 2.22. The summed E-state index contributed by atoms with van der Waals surface area (Å²) in [6, 6.07) is 28.1. The van der Waals surface area contributed by atoms with E-state index in [9.17, 15) is 4.79 Å². The number of hydrogen-bond donors (Lipinski definition) is 2. The molecule has 3 heteroatoms. The van der Waals surface area contributed by atoms with E-state index < -0.39 is 0 Å². The highest BCUT2D eigenvalue weighted by molar-refractivity contribution is 5.87. The lowest BCUT2D eigenvalue weighted by Gasteiger charge is -2.18. The van der Waals surface area contributed by atoms with Crippen LogP contribution in [0.5, 0.6) is 0 Å². The molecule has 27 heavy (non-hydrogen) atoms. The second kappa shape index (κ2) is 7.92. The molecule has 0 aliphatic heterocycles. The van der Waals surface area contributed by atoms with Gasteiger partial charge in [-0.15, -0.1) is 0 Å². The summed E-state index contributed by atoms with van der Waals surface area (Å²) in [7, 11) is 0. The van der Waals surface area contributed by atoms with Crippen LogP contribution in [0.1, 0.15) is 22.6 Å². The van der Waals surface area contributed by atoms with Gasteiger partial charge in [-0.2, -0.15) is 0 Å². The molecule has 4 aromatic rings. The van der Waals surface area contributed by atoms with Crippen LogP contribution in [-0.2, 0) is 11.2 Å². The van der Waals surface area contributed by atoms with Crippen LogP contribution in [-0.4, -0.2) is 17.4 Å². The summed E-state index contributed by atoms with van der Waals surface area (Å²) >= 11 is 0. The van der Waals surface area contributed by atoms with Crippen molar-refractivity contribution in [2.75, 3.05) is 6.54 Å². The number of nitrogens with one attached hydrogen (secondary N) is 2. The third-order valence-corrected chi connectivity index (χ3v) is 4.90. The van der Waals surface area contributed by atoms with Gasteiger partial charge in [-0.05, 0) is 29.2 Å². The summed E-state index contributed by atoms with van der Waals surface area (Å²) < 4.78 is 0. The zero-order valence-electron chi connectivity index (χ0n) is 15.1. The van der Waals surface area contributed by atoms with Gasteiger partial charge in [0.25, 0.3) is 0 Å². The number of hydrogen-bond acceptors (Lipinski definition) is 1. The van der Waals surface area contributed by atoms with Crippen LogP contribution >= 0.6 is 0 Å². The van der Waals surface area contributed by atoms with Crippen LogP contribution in [0.25, 0.3) is 10.9 Å². The van der Waals surface area contributed by atoms with E-state index in [-0.39, 0.29) is 11.8 Å². The van der Waals surface area contributed by atoms with Crippen LogP contribution in [0.3, 0.4) is 0 Å². The normalized spacial score (nSPS) is 11.0. The predicted octanol–water partition coefficient (Wildman–Crippen LogP) is 4.66. The van der Waals surface area contributed by atoms with Crippen molar-refractivity contribution < 1.29 is 4.79 Å². The number of aromatic nitrogens is 1. The van der Waals surface area contributed by atoms with Crippen molar-refractivity contribution in [3.8, 4) is 0 Å². The minimum Gasteiger partial charge on any atom is -0.361 e. The lowest BCUT2D eigenvalue weighted by atomic mass is 9.90. The Morgan fingerprint density at radius 3 is 2.07 bits per heavy atom. The van der Waals surface area contributed by atoms with E-state index in [1.807, 2.05) is 79.0 Å². The number of H-pyrrole nitrogens is 1. The number of rotatable bonds is 6. The van der Waals surface area contributed by atoms with E-state index in [1.54, 1.807) is 0 Å². The van der Waals surface area contributed by atoms with Gasteiger partial charge in [0.05, 0.1) is 5.92 Å². The van der Waals surface area contributed by atoms with Crippen molar-refractivity contribution >= 4 is 16.8 Å². The van der Waals surface area contributed by atoms with E-state index in [1.165, 1.54) is 10.9 Å². The summed E-state index contributed by atoms with van der Waals surface area (Å²) in [5, 5.41) is 4.35. The van der Waals surface area contributed by atoms with Crippen molar-refractivity contribution in [1.82, 2.24) is 10.3 Å². The Morgan fingerprint density at radius 1 is 0.815 bits per heavy atom. The molecular weight excluding hydrogens is 332 g/mol. The summed E-state index contributed by atoms with van der Waals surface area (Å²) in [5.74, 6) is -0.261. The van der Waals surface area contributed by atoms with Crippen molar-refractivity contribution in [2.24, 2.45) is 0 Å². The van der Waals surface area contributed by atoms with E-state index in [0.29, 0.717) is 6.54 Å². The van der Waals surface area contributed by atoms with E-state index >= 15 is 0 Å². The average molecular weight is 354 g/mol. The first-order chi connectivity index (χ1) is 13.3. The van der Waals surface area contributed by atoms with Crippen LogP contribution in [0.15, 0.2) is 91.1 Å². The molecule has 0 bridgehead atoms. The fourth-order valence-corrected chi connectivity index (χ4v) is 3.55. The second-order valence-electron chi connectivity index (χ2n) is 6.65. The Morgan fingerprint density at radius 2 is 1.41 bits per heavy atom. The number of para-hydroxylation sites is 1. The van der Waals surface area contributed by atoms with Crippen molar-refractivity contribution in [1.29, 1.82) is 0 Å². The van der Waals surface area contributed by atoms with Gasteiger partial charge in [0, 0.05) is 23.6 Å². The number of aromatic amines is 1. The first-order valence-corrected chi connectivity index (χ1v) is 9.25. The molecule has 134 valence electrons. The molecule has 1 heterocycles. The molecule has 2 N–H and O–H groups in total. The SMILES string of the molecule is O=C(NCCc1c[nH]c2ccccc12)C(c1ccccc1)c1ccccc1.